The molecule has 1 aliphatic rings. The van der Waals surface area contributed by atoms with E-state index in [1.54, 1.807) is 49.8 Å². The third-order valence-corrected chi connectivity index (χ3v) is 6.13. The fourth-order valence-corrected chi connectivity index (χ4v) is 3.85. The van der Waals surface area contributed by atoms with E-state index in [-0.39, 0.29) is 23.2 Å². The van der Waals surface area contributed by atoms with Gasteiger partial charge in [-0.15, -0.1) is 0 Å². The molecule has 0 bridgehead atoms. The van der Waals surface area contributed by atoms with E-state index in [0.717, 1.165) is 19.3 Å². The molecule has 12 heteroatoms. The lowest BCUT2D eigenvalue weighted by atomic mass is 9.93. The van der Waals surface area contributed by atoms with Crippen molar-refractivity contribution in [2.75, 3.05) is 17.7 Å². The first-order valence-electron chi connectivity index (χ1n) is 11.7. The third-order valence-electron chi connectivity index (χ3n) is 6.13. The fraction of sp³-hybridized carbons (Fsp3) is 0.333. The highest BCUT2D eigenvalue weighted by molar-refractivity contribution is 6.00. The number of amides is 1. The lowest BCUT2D eigenvalue weighted by Crippen LogP contribution is -2.39. The smallest absolute Gasteiger partial charge is 0.280 e. The Morgan fingerprint density at radius 1 is 1.19 bits per heavy atom. The summed E-state index contributed by atoms with van der Waals surface area (Å²) in [6.07, 6.45) is 8.99. The first-order valence-corrected chi connectivity index (χ1v) is 11.7. The molecule has 186 valence electrons. The molecule has 0 radical (unpaired) electrons. The van der Waals surface area contributed by atoms with Gasteiger partial charge in [-0.05, 0) is 45.2 Å². The molecular formula is C24H27N9O3. The zero-order chi connectivity index (χ0) is 25.4. The number of nitrogens with zero attached hydrogens (tertiary/aromatic N) is 6. The molecule has 1 fully saturated rings. The van der Waals surface area contributed by atoms with Gasteiger partial charge in [0.1, 0.15) is 28.5 Å². The summed E-state index contributed by atoms with van der Waals surface area (Å²) in [6.45, 7) is 3.22. The van der Waals surface area contributed by atoms with E-state index in [4.69, 9.17) is 0 Å². The van der Waals surface area contributed by atoms with E-state index in [2.05, 4.69) is 36.0 Å². The largest absolute Gasteiger partial charge is 0.384 e. The molecule has 4 aromatic heterocycles. The number of aromatic nitrogens is 6. The molecule has 5 rings (SSSR count). The van der Waals surface area contributed by atoms with Crippen molar-refractivity contribution >= 4 is 28.9 Å². The van der Waals surface area contributed by atoms with Gasteiger partial charge < -0.3 is 21.1 Å². The highest BCUT2D eigenvalue weighted by Gasteiger charge is 2.23. The minimum absolute atomic E-state index is 0.181. The van der Waals surface area contributed by atoms with Crippen molar-refractivity contribution in [1.29, 1.82) is 0 Å². The van der Waals surface area contributed by atoms with Gasteiger partial charge in [0.25, 0.3) is 11.5 Å². The molecule has 4 heterocycles. The Morgan fingerprint density at radius 2 is 2.00 bits per heavy atom. The number of nitrogens with one attached hydrogen (secondary N) is 3. The topological polar surface area (TPSA) is 151 Å². The van der Waals surface area contributed by atoms with Crippen molar-refractivity contribution in [3.8, 4) is 5.82 Å². The van der Waals surface area contributed by atoms with Gasteiger partial charge in [0.15, 0.2) is 11.5 Å². The van der Waals surface area contributed by atoms with Gasteiger partial charge >= 0.3 is 0 Å². The van der Waals surface area contributed by atoms with E-state index < -0.39 is 5.60 Å². The second-order valence-electron chi connectivity index (χ2n) is 9.21. The summed E-state index contributed by atoms with van der Waals surface area (Å²) >= 11 is 0. The number of aliphatic hydroxyl groups is 1. The van der Waals surface area contributed by atoms with Crippen molar-refractivity contribution in [1.82, 2.24) is 34.4 Å². The second kappa shape index (κ2) is 9.04. The Morgan fingerprint density at radius 3 is 2.64 bits per heavy atom. The highest BCUT2D eigenvalue weighted by Crippen LogP contribution is 2.23. The Bertz CT molecular complexity index is 1480. The van der Waals surface area contributed by atoms with Gasteiger partial charge in [0.05, 0.1) is 24.3 Å². The first kappa shape index (κ1) is 23.4. The molecule has 0 unspecified atom stereocenters. The lowest BCUT2D eigenvalue weighted by molar-refractivity contribution is 0.0734. The van der Waals surface area contributed by atoms with E-state index in [9.17, 15) is 14.7 Å². The van der Waals surface area contributed by atoms with Gasteiger partial charge in [0.2, 0.25) is 0 Å². The summed E-state index contributed by atoms with van der Waals surface area (Å²) in [7, 11) is 1.74. The van der Waals surface area contributed by atoms with Crippen LogP contribution in [-0.2, 0) is 5.60 Å². The van der Waals surface area contributed by atoms with Gasteiger partial charge in [-0.3, -0.25) is 19.1 Å². The SMILES string of the molecule is CNc1cc(Nc2cccn(-c3cnc(C(C)(C)O)cn3)c2=O)nc2c(C(=O)NC3CCC3)cnn12. The Kier molecular flexibility index (Phi) is 5.88. The average Bonchev–Trinajstić information content (AvgIpc) is 3.26. The van der Waals surface area contributed by atoms with Crippen LogP contribution in [0.5, 0.6) is 0 Å². The number of carbonyl (C=O) groups is 1. The second-order valence-corrected chi connectivity index (χ2v) is 9.21. The van der Waals surface area contributed by atoms with Crippen molar-refractivity contribution in [2.45, 2.75) is 44.8 Å². The van der Waals surface area contributed by atoms with Gasteiger partial charge in [0, 0.05) is 25.4 Å². The molecule has 1 amide bonds. The molecule has 0 aromatic carbocycles. The molecule has 0 atom stereocenters. The monoisotopic (exact) mass is 489 g/mol. The molecule has 0 aliphatic heterocycles. The van der Waals surface area contributed by atoms with Crippen molar-refractivity contribution < 1.29 is 9.90 Å². The van der Waals surface area contributed by atoms with E-state index in [1.807, 2.05) is 0 Å². The number of hydrogen-bond acceptors (Lipinski definition) is 9. The summed E-state index contributed by atoms with van der Waals surface area (Å²) in [6, 6.07) is 5.20. The maximum Gasteiger partial charge on any atom is 0.280 e. The van der Waals surface area contributed by atoms with Gasteiger partial charge in [-0.25, -0.2) is 9.97 Å². The molecule has 4 aromatic rings. The Balaban J connectivity index is 1.47. The van der Waals surface area contributed by atoms with Crippen LogP contribution < -0.4 is 21.5 Å². The van der Waals surface area contributed by atoms with Gasteiger partial charge in [-0.1, -0.05) is 0 Å². The van der Waals surface area contributed by atoms with E-state index >= 15 is 0 Å². The number of fused-ring (bicyclic) bond motifs is 1. The third kappa shape index (κ3) is 4.38. The number of hydrogen-bond donors (Lipinski definition) is 4. The van der Waals surface area contributed by atoms with Crippen LogP contribution in [-0.4, -0.2) is 53.2 Å². The van der Waals surface area contributed by atoms with Crippen LogP contribution in [0.4, 0.5) is 17.3 Å². The zero-order valence-electron chi connectivity index (χ0n) is 20.2. The van der Waals surface area contributed by atoms with Crippen LogP contribution in [0.25, 0.3) is 11.5 Å². The number of anilines is 3. The maximum atomic E-state index is 13.2. The number of carbonyl (C=O) groups excluding carboxylic acids is 1. The van der Waals surface area contributed by atoms with Crippen molar-refractivity contribution in [3.63, 3.8) is 0 Å². The fourth-order valence-electron chi connectivity index (χ4n) is 3.85. The standard InChI is InChI=1S/C24H27N9O3/c1-24(2,36)17-12-27-20(13-26-17)32-9-5-8-16(23(32)35)30-18-10-19(25-3)33-21(31-18)15(11-28-33)22(34)29-14-6-4-7-14/h5,8-14,25,36H,4,6-7H2,1-3H3,(H,29,34)(H,30,31). The molecule has 0 spiro atoms. The molecule has 12 nitrogen and oxygen atoms in total. The minimum Gasteiger partial charge on any atom is -0.384 e. The van der Waals surface area contributed by atoms with Crippen LogP contribution in [0.2, 0.25) is 0 Å². The van der Waals surface area contributed by atoms with Crippen LogP contribution in [0.1, 0.15) is 49.2 Å². The number of rotatable bonds is 7. The lowest BCUT2D eigenvalue weighted by Gasteiger charge is -2.26. The summed E-state index contributed by atoms with van der Waals surface area (Å²) in [5, 5.41) is 23.5. The predicted octanol–water partition coefficient (Wildman–Crippen LogP) is 1.97. The van der Waals surface area contributed by atoms with Crippen LogP contribution in [0.3, 0.4) is 0 Å². The minimum atomic E-state index is -1.14. The average molecular weight is 490 g/mol. The Hall–Kier alpha value is -4.32. The highest BCUT2D eigenvalue weighted by atomic mass is 16.3. The summed E-state index contributed by atoms with van der Waals surface area (Å²) in [5.74, 6) is 1.04. The molecule has 1 aliphatic carbocycles. The Labute approximate surface area is 206 Å². The molecule has 4 N–H and O–H groups in total. The predicted molar refractivity (Wildman–Crippen MR) is 134 cm³/mol. The van der Waals surface area contributed by atoms with Crippen LogP contribution in [0, 0.1) is 0 Å². The molecule has 1 saturated carbocycles. The van der Waals surface area contributed by atoms with Crippen molar-refractivity contribution in [3.05, 3.63) is 64.6 Å². The van der Waals surface area contributed by atoms with Gasteiger partial charge in [-0.2, -0.15) is 9.61 Å². The zero-order valence-corrected chi connectivity index (χ0v) is 20.2. The molecular weight excluding hydrogens is 462 g/mol. The van der Waals surface area contributed by atoms with E-state index in [0.29, 0.717) is 34.4 Å². The molecule has 36 heavy (non-hydrogen) atoms. The molecule has 0 saturated heterocycles. The summed E-state index contributed by atoms with van der Waals surface area (Å²) < 4.78 is 2.89. The quantitative estimate of drug-likeness (QED) is 0.305. The summed E-state index contributed by atoms with van der Waals surface area (Å²) in [5.41, 5.74) is -0.142. The van der Waals surface area contributed by atoms with Crippen LogP contribution >= 0.6 is 0 Å². The normalized spacial score (nSPS) is 13.9. The van der Waals surface area contributed by atoms with Crippen molar-refractivity contribution in [2.24, 2.45) is 0 Å². The van der Waals surface area contributed by atoms with E-state index in [1.165, 1.54) is 23.2 Å². The maximum absolute atomic E-state index is 13.2. The number of pyridine rings is 1. The first-order chi connectivity index (χ1) is 17.2. The van der Waals surface area contributed by atoms with Crippen LogP contribution in [0.15, 0.2) is 47.8 Å². The summed E-state index contributed by atoms with van der Waals surface area (Å²) in [4.78, 5) is 39.1.